The van der Waals surface area contributed by atoms with E-state index >= 15 is 0 Å². The molecule has 0 radical (unpaired) electrons. The van der Waals surface area contributed by atoms with Gasteiger partial charge < -0.3 is 9.47 Å². The van der Waals surface area contributed by atoms with Gasteiger partial charge in [-0.2, -0.15) is 0 Å². The van der Waals surface area contributed by atoms with E-state index in [0.29, 0.717) is 23.8 Å². The van der Waals surface area contributed by atoms with Crippen LogP contribution in [0.4, 0.5) is 4.39 Å². The number of halogens is 2. The normalized spacial score (nSPS) is 19.1. The van der Waals surface area contributed by atoms with Gasteiger partial charge in [0.25, 0.3) is 0 Å². The highest BCUT2D eigenvalue weighted by Crippen LogP contribution is 2.25. The molecule has 1 unspecified atom stereocenters. The van der Waals surface area contributed by atoms with E-state index in [0.717, 1.165) is 37.9 Å². The second-order valence-electron chi connectivity index (χ2n) is 4.49. The molecule has 0 bridgehead atoms. The van der Waals surface area contributed by atoms with E-state index in [1.165, 1.54) is 6.07 Å². The zero-order valence-electron chi connectivity index (χ0n) is 10.3. The molecule has 1 saturated heterocycles. The van der Waals surface area contributed by atoms with Crippen LogP contribution in [0.15, 0.2) is 18.2 Å². The van der Waals surface area contributed by atoms with Gasteiger partial charge >= 0.3 is 0 Å². The van der Waals surface area contributed by atoms with Crippen molar-refractivity contribution in [3.8, 4) is 5.75 Å². The molecule has 1 heterocycles. The van der Waals surface area contributed by atoms with E-state index in [1.54, 1.807) is 6.07 Å². The van der Waals surface area contributed by atoms with Gasteiger partial charge in [-0.05, 0) is 31.7 Å². The van der Waals surface area contributed by atoms with Crippen molar-refractivity contribution in [3.63, 3.8) is 0 Å². The molecule has 0 amide bonds. The molecule has 1 fully saturated rings. The summed E-state index contributed by atoms with van der Waals surface area (Å²) in [4.78, 5) is 0. The van der Waals surface area contributed by atoms with Gasteiger partial charge in [0.05, 0.1) is 12.7 Å². The third kappa shape index (κ3) is 3.69. The van der Waals surface area contributed by atoms with Gasteiger partial charge in [-0.3, -0.25) is 0 Å². The molecule has 1 aliphatic rings. The highest BCUT2D eigenvalue weighted by atomic mass is 79.9. The van der Waals surface area contributed by atoms with Crippen LogP contribution < -0.4 is 4.74 Å². The van der Waals surface area contributed by atoms with E-state index < -0.39 is 0 Å². The van der Waals surface area contributed by atoms with Crippen molar-refractivity contribution in [1.82, 2.24) is 0 Å². The van der Waals surface area contributed by atoms with Crippen LogP contribution in [0.25, 0.3) is 0 Å². The van der Waals surface area contributed by atoms with Crippen LogP contribution in [0.1, 0.15) is 31.2 Å². The Morgan fingerprint density at radius 2 is 2.33 bits per heavy atom. The van der Waals surface area contributed by atoms with Crippen molar-refractivity contribution >= 4 is 15.9 Å². The first-order valence-electron chi connectivity index (χ1n) is 6.39. The lowest BCUT2D eigenvalue weighted by Crippen LogP contribution is -2.08. The third-order valence-corrected chi connectivity index (χ3v) is 3.74. The van der Waals surface area contributed by atoms with Crippen LogP contribution in [0.2, 0.25) is 0 Å². The molecule has 0 saturated carbocycles. The quantitative estimate of drug-likeness (QED) is 0.582. The highest BCUT2D eigenvalue weighted by molar-refractivity contribution is 9.08. The lowest BCUT2D eigenvalue weighted by molar-refractivity contribution is 0.0979. The summed E-state index contributed by atoms with van der Waals surface area (Å²) in [6.45, 7) is 1.42. The second kappa shape index (κ2) is 7.10. The number of hydrogen-bond acceptors (Lipinski definition) is 2. The van der Waals surface area contributed by atoms with Crippen LogP contribution in [-0.4, -0.2) is 19.3 Å². The topological polar surface area (TPSA) is 18.5 Å². The fourth-order valence-electron chi connectivity index (χ4n) is 2.18. The number of benzene rings is 1. The number of hydrogen-bond donors (Lipinski definition) is 0. The maximum atomic E-state index is 13.6. The molecule has 0 N–H and O–H groups in total. The molecule has 1 atom stereocenters. The summed E-state index contributed by atoms with van der Waals surface area (Å²) in [5, 5.41) is 0.603. The molecule has 1 aromatic rings. The Morgan fingerprint density at radius 1 is 1.44 bits per heavy atom. The van der Waals surface area contributed by atoms with Gasteiger partial charge in [-0.25, -0.2) is 4.39 Å². The summed E-state index contributed by atoms with van der Waals surface area (Å²) in [5.41, 5.74) is 0.854. The molecule has 0 aromatic heterocycles. The zero-order valence-corrected chi connectivity index (χ0v) is 11.9. The molecule has 2 rings (SSSR count). The third-order valence-electron chi connectivity index (χ3n) is 3.13. The van der Waals surface area contributed by atoms with Crippen molar-refractivity contribution in [2.75, 3.05) is 13.2 Å². The second-order valence-corrected chi connectivity index (χ2v) is 5.05. The first-order chi connectivity index (χ1) is 8.81. The summed E-state index contributed by atoms with van der Waals surface area (Å²) < 4.78 is 24.7. The minimum Gasteiger partial charge on any atom is -0.490 e. The van der Waals surface area contributed by atoms with Crippen LogP contribution in [-0.2, 0) is 10.1 Å². The maximum Gasteiger partial charge on any atom is 0.165 e. The highest BCUT2D eigenvalue weighted by Gasteiger charge is 2.15. The molecular weight excluding hydrogens is 299 g/mol. The Morgan fingerprint density at radius 3 is 3.06 bits per heavy atom. The van der Waals surface area contributed by atoms with Crippen LogP contribution in [0.3, 0.4) is 0 Å². The van der Waals surface area contributed by atoms with Crippen LogP contribution in [0, 0.1) is 5.82 Å². The number of rotatable bonds is 6. The largest absolute Gasteiger partial charge is 0.490 e. The van der Waals surface area contributed by atoms with Gasteiger partial charge in [-0.1, -0.05) is 28.1 Å². The zero-order chi connectivity index (χ0) is 12.8. The number of alkyl halides is 1. The molecule has 1 aromatic carbocycles. The molecule has 0 aliphatic carbocycles. The Balaban J connectivity index is 1.78. The van der Waals surface area contributed by atoms with Gasteiger partial charge in [-0.15, -0.1) is 0 Å². The number of para-hydroxylation sites is 1. The van der Waals surface area contributed by atoms with E-state index in [-0.39, 0.29) is 5.82 Å². The lowest BCUT2D eigenvalue weighted by atomic mass is 10.1. The van der Waals surface area contributed by atoms with Gasteiger partial charge in [0, 0.05) is 17.5 Å². The average molecular weight is 317 g/mol. The summed E-state index contributed by atoms with van der Waals surface area (Å²) in [5.74, 6) is 0.0887. The van der Waals surface area contributed by atoms with Gasteiger partial charge in [0.2, 0.25) is 0 Å². The minimum atomic E-state index is -0.288. The van der Waals surface area contributed by atoms with Crippen molar-refractivity contribution in [3.05, 3.63) is 29.6 Å². The maximum absolute atomic E-state index is 13.6. The number of ether oxygens (including phenoxy) is 2. The van der Waals surface area contributed by atoms with Crippen molar-refractivity contribution in [2.45, 2.75) is 37.1 Å². The fraction of sp³-hybridized carbons (Fsp3) is 0.571. The molecule has 18 heavy (non-hydrogen) atoms. The summed E-state index contributed by atoms with van der Waals surface area (Å²) in [6.07, 6.45) is 4.59. The predicted molar refractivity (Wildman–Crippen MR) is 72.7 cm³/mol. The lowest BCUT2D eigenvalue weighted by Gasteiger charge is -2.12. The van der Waals surface area contributed by atoms with Crippen molar-refractivity contribution in [2.24, 2.45) is 0 Å². The van der Waals surface area contributed by atoms with E-state index in [2.05, 4.69) is 15.9 Å². The van der Waals surface area contributed by atoms with Crippen LogP contribution >= 0.6 is 15.9 Å². The summed E-state index contributed by atoms with van der Waals surface area (Å²) in [6, 6.07) is 5.00. The Hall–Kier alpha value is -0.610. The SMILES string of the molecule is Fc1cccc(CBr)c1OCCCC1CCCO1. The summed E-state index contributed by atoms with van der Waals surface area (Å²) >= 11 is 3.34. The first-order valence-corrected chi connectivity index (χ1v) is 7.51. The first kappa shape index (κ1) is 13.8. The monoisotopic (exact) mass is 316 g/mol. The van der Waals surface area contributed by atoms with Gasteiger partial charge in [0.15, 0.2) is 11.6 Å². The molecular formula is C14H18BrFO2. The molecule has 0 spiro atoms. The van der Waals surface area contributed by atoms with E-state index in [1.807, 2.05) is 6.07 Å². The Kier molecular flexibility index (Phi) is 5.45. The minimum absolute atomic E-state index is 0.288. The predicted octanol–water partition coefficient (Wildman–Crippen LogP) is 4.06. The van der Waals surface area contributed by atoms with Crippen molar-refractivity contribution in [1.29, 1.82) is 0 Å². The fourth-order valence-corrected chi connectivity index (χ4v) is 2.62. The van der Waals surface area contributed by atoms with E-state index in [4.69, 9.17) is 9.47 Å². The average Bonchev–Trinajstić information content (AvgIpc) is 2.89. The molecule has 100 valence electrons. The standard InChI is InChI=1S/C14H18BrFO2/c15-10-11-4-1-7-13(16)14(11)18-9-3-6-12-5-2-8-17-12/h1,4,7,12H,2-3,5-6,8-10H2. The summed E-state index contributed by atoms with van der Waals surface area (Å²) in [7, 11) is 0. The molecule has 1 aliphatic heterocycles. The van der Waals surface area contributed by atoms with Gasteiger partial charge in [0.1, 0.15) is 0 Å². The van der Waals surface area contributed by atoms with Crippen LogP contribution in [0.5, 0.6) is 5.75 Å². The van der Waals surface area contributed by atoms with Crippen molar-refractivity contribution < 1.29 is 13.9 Å². The molecule has 4 heteroatoms. The molecule has 2 nitrogen and oxygen atoms in total. The Labute approximate surface area is 116 Å². The van der Waals surface area contributed by atoms with E-state index in [9.17, 15) is 4.39 Å². The smallest absolute Gasteiger partial charge is 0.165 e. The Bertz CT molecular complexity index is 378.